The molecule has 0 fully saturated rings. The Kier molecular flexibility index (Phi) is 6.05. The fraction of sp³-hybridized carbons (Fsp3) is 0. The first kappa shape index (κ1) is 28.2. The molecular formula is C45H26N4OS. The molecule has 4 aromatic heterocycles. The second kappa shape index (κ2) is 10.9. The predicted octanol–water partition coefficient (Wildman–Crippen LogP) is 12.2. The molecule has 0 aliphatic heterocycles. The van der Waals surface area contributed by atoms with Gasteiger partial charge < -0.3 is 8.98 Å². The van der Waals surface area contributed by atoms with Crippen LogP contribution in [0.5, 0.6) is 0 Å². The minimum atomic E-state index is 0.632. The van der Waals surface area contributed by atoms with E-state index in [1.165, 1.54) is 25.6 Å². The third-order valence-corrected chi connectivity index (χ3v) is 11.0. The Hall–Kier alpha value is -6.63. The molecule has 0 unspecified atom stereocenters. The highest BCUT2D eigenvalue weighted by atomic mass is 32.1. The molecule has 5 nitrogen and oxygen atoms in total. The van der Waals surface area contributed by atoms with Crippen LogP contribution in [0.15, 0.2) is 162 Å². The zero-order chi connectivity index (χ0) is 33.5. The Morgan fingerprint density at radius 1 is 0.451 bits per heavy atom. The van der Waals surface area contributed by atoms with Gasteiger partial charge in [0.2, 0.25) is 0 Å². The van der Waals surface area contributed by atoms with Crippen LogP contribution in [0.2, 0.25) is 0 Å². The maximum Gasteiger partial charge on any atom is 0.164 e. The summed E-state index contributed by atoms with van der Waals surface area (Å²) in [5, 5.41) is 7.13. The molecule has 0 N–H and O–H groups in total. The summed E-state index contributed by atoms with van der Waals surface area (Å²) < 4.78 is 11.7. The summed E-state index contributed by atoms with van der Waals surface area (Å²) in [5.74, 6) is 1.92. The number of aromatic nitrogens is 4. The fourth-order valence-corrected chi connectivity index (χ4v) is 8.83. The van der Waals surface area contributed by atoms with Crippen molar-refractivity contribution in [1.82, 2.24) is 19.5 Å². The van der Waals surface area contributed by atoms with Crippen molar-refractivity contribution in [3.63, 3.8) is 0 Å². The van der Waals surface area contributed by atoms with Crippen LogP contribution in [0.4, 0.5) is 0 Å². The van der Waals surface area contributed by atoms with Gasteiger partial charge in [0, 0.05) is 54.0 Å². The summed E-state index contributed by atoms with van der Waals surface area (Å²) in [7, 11) is 0. The zero-order valence-electron chi connectivity index (χ0n) is 27.1. The SMILES string of the molecule is c1ccc(-c2nc(-c3ccccc3)nc(-c3ccc(-n4c5ccccc5c5c6oc7ccccc7c6c6c7ccccc7sc6c54)cc3)n2)cc1. The second-order valence-electron chi connectivity index (χ2n) is 12.8. The van der Waals surface area contributed by atoms with E-state index in [1.54, 1.807) is 0 Å². The predicted molar refractivity (Wildman–Crippen MR) is 211 cm³/mol. The standard InChI is InChI=1S/C45H26N4OS/c1-3-13-27(14-4-1)43-46-44(28-15-5-2-6-16-28)48-45(47-43)29-23-25-30(26-24-29)49-34-20-10-7-17-31(34)39-40(49)42-38(33-19-9-12-22-36(33)51-42)37-32-18-8-11-21-35(32)50-41(37)39/h1-26H. The molecule has 0 radical (unpaired) electrons. The van der Waals surface area contributed by atoms with Crippen LogP contribution in [-0.4, -0.2) is 19.5 Å². The molecule has 0 spiro atoms. The van der Waals surface area contributed by atoms with Crippen LogP contribution in [0.3, 0.4) is 0 Å². The van der Waals surface area contributed by atoms with Gasteiger partial charge in [0.05, 0.1) is 21.1 Å². The number of hydrogen-bond donors (Lipinski definition) is 0. The van der Waals surface area contributed by atoms with Crippen molar-refractivity contribution >= 4 is 75.3 Å². The molecule has 0 atom stereocenters. The molecule has 0 amide bonds. The van der Waals surface area contributed by atoms with Gasteiger partial charge in [-0.2, -0.15) is 0 Å². The third kappa shape index (κ3) is 4.24. The summed E-state index contributed by atoms with van der Waals surface area (Å²) in [6.45, 7) is 0. The molecule has 6 heteroatoms. The summed E-state index contributed by atoms with van der Waals surface area (Å²) in [4.78, 5) is 14.8. The fourth-order valence-electron chi connectivity index (χ4n) is 7.58. The van der Waals surface area contributed by atoms with E-state index in [9.17, 15) is 0 Å². The van der Waals surface area contributed by atoms with E-state index in [1.807, 2.05) is 78.1 Å². The Morgan fingerprint density at radius 3 is 1.69 bits per heavy atom. The van der Waals surface area contributed by atoms with Crippen molar-refractivity contribution in [2.45, 2.75) is 0 Å². The van der Waals surface area contributed by atoms with Gasteiger partial charge in [-0.15, -0.1) is 11.3 Å². The van der Waals surface area contributed by atoms with E-state index < -0.39 is 0 Å². The highest BCUT2D eigenvalue weighted by Gasteiger charge is 2.25. The van der Waals surface area contributed by atoms with Crippen LogP contribution in [-0.2, 0) is 0 Å². The van der Waals surface area contributed by atoms with Gasteiger partial charge >= 0.3 is 0 Å². The highest BCUT2D eigenvalue weighted by molar-refractivity contribution is 7.27. The third-order valence-electron chi connectivity index (χ3n) is 9.84. The van der Waals surface area contributed by atoms with E-state index >= 15 is 0 Å². The van der Waals surface area contributed by atoms with Gasteiger partial charge in [0.1, 0.15) is 11.2 Å². The Bertz CT molecular complexity index is 3070. The van der Waals surface area contributed by atoms with Crippen molar-refractivity contribution in [1.29, 1.82) is 0 Å². The first-order chi connectivity index (χ1) is 25.3. The molecule has 0 aliphatic carbocycles. The minimum Gasteiger partial charge on any atom is -0.455 e. The minimum absolute atomic E-state index is 0.632. The van der Waals surface area contributed by atoms with Crippen LogP contribution in [0.25, 0.3) is 104 Å². The molecular weight excluding hydrogens is 645 g/mol. The van der Waals surface area contributed by atoms with E-state index in [0.717, 1.165) is 60.7 Å². The maximum absolute atomic E-state index is 6.79. The van der Waals surface area contributed by atoms with Gasteiger partial charge in [0.25, 0.3) is 0 Å². The molecule has 238 valence electrons. The molecule has 0 aliphatic rings. The molecule has 11 aromatic rings. The van der Waals surface area contributed by atoms with Gasteiger partial charge in [0.15, 0.2) is 17.5 Å². The zero-order valence-corrected chi connectivity index (χ0v) is 27.9. The Balaban J connectivity index is 1.17. The van der Waals surface area contributed by atoms with Crippen LogP contribution >= 0.6 is 11.3 Å². The monoisotopic (exact) mass is 670 g/mol. The van der Waals surface area contributed by atoms with Crippen molar-refractivity contribution in [3.05, 3.63) is 158 Å². The number of benzene rings is 7. The van der Waals surface area contributed by atoms with Crippen molar-refractivity contribution < 1.29 is 4.42 Å². The van der Waals surface area contributed by atoms with Crippen molar-refractivity contribution in [2.24, 2.45) is 0 Å². The number of nitrogens with zero attached hydrogens (tertiary/aromatic N) is 4. The number of furan rings is 1. The lowest BCUT2D eigenvalue weighted by Crippen LogP contribution is -2.00. The van der Waals surface area contributed by atoms with E-state index in [4.69, 9.17) is 19.4 Å². The molecule has 0 saturated heterocycles. The van der Waals surface area contributed by atoms with Crippen LogP contribution in [0.1, 0.15) is 0 Å². The largest absolute Gasteiger partial charge is 0.455 e. The number of fused-ring (bicyclic) bond motifs is 12. The number of thiophene rings is 1. The number of rotatable bonds is 4. The molecule has 11 rings (SSSR count). The second-order valence-corrected chi connectivity index (χ2v) is 13.8. The summed E-state index contributed by atoms with van der Waals surface area (Å²) >= 11 is 1.85. The van der Waals surface area contributed by atoms with Gasteiger partial charge in [-0.25, -0.2) is 15.0 Å². The van der Waals surface area contributed by atoms with Gasteiger partial charge in [-0.05, 0) is 42.5 Å². The smallest absolute Gasteiger partial charge is 0.164 e. The number of hydrogen-bond acceptors (Lipinski definition) is 5. The normalized spacial score (nSPS) is 11.9. The quantitative estimate of drug-likeness (QED) is 0.187. The first-order valence-corrected chi connectivity index (χ1v) is 17.8. The summed E-state index contributed by atoms with van der Waals surface area (Å²) in [6, 6.07) is 54.6. The van der Waals surface area contributed by atoms with Crippen LogP contribution < -0.4 is 0 Å². The van der Waals surface area contributed by atoms with E-state index in [-0.39, 0.29) is 0 Å². The lowest BCUT2D eigenvalue weighted by atomic mass is 10.0. The topological polar surface area (TPSA) is 56.7 Å². The average molecular weight is 671 g/mol. The highest BCUT2D eigenvalue weighted by Crippen LogP contribution is 2.50. The van der Waals surface area contributed by atoms with Gasteiger partial charge in [-0.3, -0.25) is 0 Å². The van der Waals surface area contributed by atoms with E-state index in [0.29, 0.717) is 17.5 Å². The Morgan fingerprint density at radius 2 is 1.00 bits per heavy atom. The molecule has 7 aromatic carbocycles. The Labute approximate surface area is 295 Å². The maximum atomic E-state index is 6.79. The summed E-state index contributed by atoms with van der Waals surface area (Å²) in [6.07, 6.45) is 0. The molecule has 0 bridgehead atoms. The van der Waals surface area contributed by atoms with E-state index in [2.05, 4.69) is 95.6 Å². The summed E-state index contributed by atoms with van der Waals surface area (Å²) in [5.41, 5.74) is 7.99. The van der Waals surface area contributed by atoms with Crippen LogP contribution in [0, 0.1) is 0 Å². The number of para-hydroxylation sites is 2. The lowest BCUT2D eigenvalue weighted by Gasteiger charge is -2.11. The lowest BCUT2D eigenvalue weighted by molar-refractivity contribution is 0.673. The van der Waals surface area contributed by atoms with Crippen molar-refractivity contribution in [2.75, 3.05) is 0 Å². The molecule has 0 saturated carbocycles. The van der Waals surface area contributed by atoms with Crippen molar-refractivity contribution in [3.8, 4) is 39.9 Å². The first-order valence-electron chi connectivity index (χ1n) is 17.0. The molecule has 51 heavy (non-hydrogen) atoms. The molecule has 4 heterocycles. The van der Waals surface area contributed by atoms with Gasteiger partial charge in [-0.1, -0.05) is 115 Å². The average Bonchev–Trinajstić information content (AvgIpc) is 3.88.